The van der Waals surface area contributed by atoms with Gasteiger partial charge in [-0.05, 0) is 35.9 Å². The van der Waals surface area contributed by atoms with Gasteiger partial charge in [0.2, 0.25) is 11.8 Å². The Balaban J connectivity index is 1.79. The molecule has 1 unspecified atom stereocenters. The Morgan fingerprint density at radius 3 is 2.41 bits per heavy atom. The number of nitrogens with zero attached hydrogens (tertiary/aromatic N) is 2. The van der Waals surface area contributed by atoms with Crippen molar-refractivity contribution >= 4 is 23.2 Å². The van der Waals surface area contributed by atoms with Gasteiger partial charge in [0.1, 0.15) is 18.3 Å². The Morgan fingerprint density at radius 2 is 1.78 bits per heavy atom. The number of hydrogen-bond donors (Lipinski definition) is 2. The molecule has 3 N–H and O–H groups in total. The molecule has 1 atom stereocenters. The van der Waals surface area contributed by atoms with E-state index in [1.807, 2.05) is 30.3 Å². The van der Waals surface area contributed by atoms with Crippen LogP contribution < -0.4 is 26.2 Å². The Hall–Kier alpha value is -4.07. The Morgan fingerprint density at radius 1 is 1.09 bits per heavy atom. The van der Waals surface area contributed by atoms with Crippen LogP contribution in [0.25, 0.3) is 0 Å². The summed E-state index contributed by atoms with van der Waals surface area (Å²) < 4.78 is 6.40. The predicted molar refractivity (Wildman–Crippen MR) is 124 cm³/mol. The number of carbonyl (C=O) groups excluding carboxylic acids is 2. The van der Waals surface area contributed by atoms with E-state index in [0.29, 0.717) is 23.5 Å². The molecule has 0 saturated heterocycles. The molecule has 166 valence electrons. The van der Waals surface area contributed by atoms with Gasteiger partial charge in [-0.1, -0.05) is 30.3 Å². The van der Waals surface area contributed by atoms with Gasteiger partial charge in [-0.3, -0.25) is 14.4 Å². The minimum atomic E-state index is -0.818. The molecule has 0 aliphatic carbocycles. The number of carbonyl (C=O) groups is 2. The molecule has 2 aromatic carbocycles. The number of nitrogens with one attached hydrogen (secondary N) is 1. The Kier molecular flexibility index (Phi) is 7.28. The molecular weight excluding hydrogens is 408 g/mol. The zero-order valence-corrected chi connectivity index (χ0v) is 18.0. The third-order valence-electron chi connectivity index (χ3n) is 5.04. The van der Waals surface area contributed by atoms with Crippen molar-refractivity contribution in [3.8, 4) is 5.75 Å². The van der Waals surface area contributed by atoms with E-state index >= 15 is 0 Å². The normalized spacial score (nSPS) is 11.4. The average Bonchev–Trinajstić information content (AvgIpc) is 2.80. The molecule has 3 aromatic rings. The summed E-state index contributed by atoms with van der Waals surface area (Å²) in [5, 5.41) is 2.78. The molecule has 1 aromatic heterocycles. The van der Waals surface area contributed by atoms with Crippen molar-refractivity contribution in [2.24, 2.45) is 0 Å². The smallest absolute Gasteiger partial charge is 0.253 e. The quantitative estimate of drug-likeness (QED) is 0.563. The first kappa shape index (κ1) is 22.6. The van der Waals surface area contributed by atoms with Crippen LogP contribution in [0.1, 0.15) is 5.56 Å². The van der Waals surface area contributed by atoms with E-state index in [1.165, 1.54) is 21.7 Å². The molecule has 0 bridgehead atoms. The lowest BCUT2D eigenvalue weighted by atomic mass is 10.0. The summed E-state index contributed by atoms with van der Waals surface area (Å²) in [5.41, 5.74) is 7.10. The number of nitrogen functional groups attached to an aromatic ring is 1. The van der Waals surface area contributed by atoms with Crippen LogP contribution in [0, 0.1) is 0 Å². The minimum absolute atomic E-state index is 0.218. The number of aromatic nitrogens is 1. The molecule has 0 saturated carbocycles. The highest BCUT2D eigenvalue weighted by Gasteiger charge is 2.25. The van der Waals surface area contributed by atoms with Gasteiger partial charge in [-0.2, -0.15) is 0 Å². The van der Waals surface area contributed by atoms with E-state index < -0.39 is 11.9 Å². The Labute approximate surface area is 186 Å². The number of benzene rings is 2. The van der Waals surface area contributed by atoms with E-state index in [2.05, 4.69) is 5.32 Å². The second kappa shape index (κ2) is 10.3. The van der Waals surface area contributed by atoms with Gasteiger partial charge in [-0.25, -0.2) is 0 Å². The van der Waals surface area contributed by atoms with Gasteiger partial charge in [0.15, 0.2) is 0 Å². The van der Waals surface area contributed by atoms with E-state index in [-0.39, 0.29) is 18.0 Å². The third kappa shape index (κ3) is 5.75. The average molecular weight is 434 g/mol. The van der Waals surface area contributed by atoms with E-state index in [4.69, 9.17) is 10.5 Å². The highest BCUT2D eigenvalue weighted by molar-refractivity contribution is 5.99. The number of ether oxygens (including phenoxy) is 1. The number of likely N-dealkylation sites (N-methyl/N-ethyl adjacent to an activating group) is 1. The lowest BCUT2D eigenvalue weighted by Gasteiger charge is -2.25. The van der Waals surface area contributed by atoms with Crippen LogP contribution in [-0.2, 0) is 22.6 Å². The molecule has 3 rings (SSSR count). The predicted octanol–water partition coefficient (Wildman–Crippen LogP) is 1.83. The fourth-order valence-electron chi connectivity index (χ4n) is 3.27. The maximum absolute atomic E-state index is 13.3. The fourth-order valence-corrected chi connectivity index (χ4v) is 3.27. The van der Waals surface area contributed by atoms with Gasteiger partial charge in [-0.15, -0.1) is 0 Å². The number of anilines is 2. The van der Waals surface area contributed by atoms with Crippen LogP contribution >= 0.6 is 0 Å². The molecule has 32 heavy (non-hydrogen) atoms. The maximum atomic E-state index is 13.3. The SMILES string of the molecule is COc1ccc(N(C)C(=O)C(Cc2ccccc2)NC(=O)Cn2ccc(N)cc2=O)cc1. The zero-order chi connectivity index (χ0) is 23.1. The van der Waals surface area contributed by atoms with Crippen molar-refractivity contribution < 1.29 is 14.3 Å². The number of pyridine rings is 1. The van der Waals surface area contributed by atoms with Gasteiger partial charge < -0.3 is 25.3 Å². The summed E-state index contributed by atoms with van der Waals surface area (Å²) in [5.74, 6) is -0.0519. The number of amides is 2. The van der Waals surface area contributed by atoms with Gasteiger partial charge >= 0.3 is 0 Å². The largest absolute Gasteiger partial charge is 0.497 e. The monoisotopic (exact) mass is 434 g/mol. The Bertz CT molecular complexity index is 1130. The second-order valence-electron chi connectivity index (χ2n) is 7.33. The highest BCUT2D eigenvalue weighted by Crippen LogP contribution is 2.19. The van der Waals surface area contributed by atoms with Crippen molar-refractivity contribution in [2.75, 3.05) is 24.8 Å². The second-order valence-corrected chi connectivity index (χ2v) is 7.33. The first-order valence-electron chi connectivity index (χ1n) is 10.1. The molecule has 0 aliphatic heterocycles. The summed E-state index contributed by atoms with van der Waals surface area (Å²) in [6.07, 6.45) is 1.76. The number of rotatable bonds is 8. The summed E-state index contributed by atoms with van der Waals surface area (Å²) in [7, 11) is 3.22. The fraction of sp³-hybridized carbons (Fsp3) is 0.208. The number of methoxy groups -OCH3 is 1. The molecule has 8 heteroatoms. The van der Waals surface area contributed by atoms with Crippen LogP contribution in [0.15, 0.2) is 77.7 Å². The highest BCUT2D eigenvalue weighted by atomic mass is 16.5. The molecule has 8 nitrogen and oxygen atoms in total. The van der Waals surface area contributed by atoms with E-state index in [1.54, 1.807) is 44.5 Å². The lowest BCUT2D eigenvalue weighted by Crippen LogP contribution is -2.50. The van der Waals surface area contributed by atoms with Crippen molar-refractivity contribution in [1.82, 2.24) is 9.88 Å². The zero-order valence-electron chi connectivity index (χ0n) is 18.0. The van der Waals surface area contributed by atoms with Crippen LogP contribution in [0.3, 0.4) is 0 Å². The lowest BCUT2D eigenvalue weighted by molar-refractivity contribution is -0.127. The number of nitrogens with two attached hydrogens (primary N) is 1. The molecule has 2 amide bonds. The van der Waals surface area contributed by atoms with Gasteiger partial charge in [0.25, 0.3) is 5.56 Å². The number of hydrogen-bond acceptors (Lipinski definition) is 5. The van der Waals surface area contributed by atoms with Crippen LogP contribution in [-0.4, -0.2) is 36.6 Å². The van der Waals surface area contributed by atoms with Crippen LogP contribution in [0.2, 0.25) is 0 Å². The van der Waals surface area contributed by atoms with Crippen LogP contribution in [0.4, 0.5) is 11.4 Å². The van der Waals surface area contributed by atoms with Crippen molar-refractivity contribution in [2.45, 2.75) is 19.0 Å². The van der Waals surface area contributed by atoms with Crippen molar-refractivity contribution in [3.63, 3.8) is 0 Å². The molecular formula is C24H26N4O4. The third-order valence-corrected chi connectivity index (χ3v) is 5.04. The molecule has 0 fully saturated rings. The van der Waals surface area contributed by atoms with Crippen molar-refractivity contribution in [1.29, 1.82) is 0 Å². The van der Waals surface area contributed by atoms with E-state index in [0.717, 1.165) is 5.56 Å². The topological polar surface area (TPSA) is 107 Å². The van der Waals surface area contributed by atoms with Crippen molar-refractivity contribution in [3.05, 3.63) is 88.8 Å². The maximum Gasteiger partial charge on any atom is 0.253 e. The first-order valence-corrected chi connectivity index (χ1v) is 10.1. The molecule has 0 radical (unpaired) electrons. The van der Waals surface area contributed by atoms with Crippen LogP contribution in [0.5, 0.6) is 5.75 Å². The molecule has 0 spiro atoms. The van der Waals surface area contributed by atoms with E-state index in [9.17, 15) is 14.4 Å². The summed E-state index contributed by atoms with van der Waals surface area (Å²) in [4.78, 5) is 39.5. The molecule has 0 aliphatic rings. The minimum Gasteiger partial charge on any atom is -0.497 e. The summed E-state index contributed by atoms with van der Waals surface area (Å²) in [6, 6.07) is 18.5. The van der Waals surface area contributed by atoms with Gasteiger partial charge in [0.05, 0.1) is 7.11 Å². The first-order chi connectivity index (χ1) is 15.4. The van der Waals surface area contributed by atoms with Gasteiger partial charge in [0, 0.05) is 37.1 Å². The standard InChI is InChI=1S/C24H26N4O4/c1-27(19-8-10-20(32-2)11-9-19)24(31)21(14-17-6-4-3-5-7-17)26-22(29)16-28-13-12-18(25)15-23(28)30/h3-13,15,21H,14,16,25H2,1-2H3,(H,26,29). The summed E-state index contributed by atoms with van der Waals surface area (Å²) >= 11 is 0. The molecule has 1 heterocycles. The summed E-state index contributed by atoms with van der Waals surface area (Å²) in [6.45, 7) is -0.218.